The first kappa shape index (κ1) is 23.6. The first-order chi connectivity index (χ1) is 17.9. The fourth-order valence-corrected chi connectivity index (χ4v) is 4.95. The summed E-state index contributed by atoms with van der Waals surface area (Å²) in [7, 11) is 0. The van der Waals surface area contributed by atoms with Gasteiger partial charge in [-0.05, 0) is 61.7 Å². The van der Waals surface area contributed by atoms with Gasteiger partial charge in [-0.3, -0.25) is 0 Å². The number of aromatic carboxylic acids is 1. The smallest absolute Gasteiger partial charge is 0.335 e. The van der Waals surface area contributed by atoms with Crippen molar-refractivity contribution in [1.82, 2.24) is 10.1 Å². The second kappa shape index (κ2) is 9.25. The number of halogens is 2. The minimum Gasteiger partial charge on any atom is -0.478 e. The monoisotopic (exact) mass is 534 g/mol. The van der Waals surface area contributed by atoms with E-state index in [9.17, 15) is 9.90 Å². The van der Waals surface area contributed by atoms with Crippen LogP contribution in [-0.2, 0) is 6.61 Å². The molecule has 0 atom stereocenters. The van der Waals surface area contributed by atoms with Crippen molar-refractivity contribution in [2.45, 2.75) is 32.3 Å². The number of carboxylic acids is 1. The summed E-state index contributed by atoms with van der Waals surface area (Å²) in [5, 5.41) is 14.6. The van der Waals surface area contributed by atoms with Gasteiger partial charge in [-0.25, -0.2) is 9.78 Å². The number of carboxylic acid groups (broad SMARTS) is 1. The van der Waals surface area contributed by atoms with Crippen molar-refractivity contribution < 1.29 is 23.9 Å². The molecule has 3 heterocycles. The molecule has 0 saturated heterocycles. The number of hydrogen-bond donors (Lipinski definition) is 1. The lowest BCUT2D eigenvalue weighted by Crippen LogP contribution is -2.02. The number of ether oxygens (including phenoxy) is 2. The summed E-state index contributed by atoms with van der Waals surface area (Å²) in [6.07, 6.45) is 3.94. The van der Waals surface area contributed by atoms with Gasteiger partial charge in [0.2, 0.25) is 5.88 Å². The quantitative estimate of drug-likeness (QED) is 0.269. The van der Waals surface area contributed by atoms with E-state index >= 15 is 0 Å². The van der Waals surface area contributed by atoms with Crippen molar-refractivity contribution in [2.24, 2.45) is 0 Å². The van der Waals surface area contributed by atoms with E-state index in [0.29, 0.717) is 50.3 Å². The molecule has 2 aromatic carbocycles. The maximum absolute atomic E-state index is 11.4. The molecule has 1 fully saturated rings. The number of rotatable bonds is 6. The van der Waals surface area contributed by atoms with Crippen molar-refractivity contribution in [1.29, 1.82) is 0 Å². The number of allylic oxidation sites excluding steroid dienone is 1. The van der Waals surface area contributed by atoms with Crippen LogP contribution in [0.3, 0.4) is 0 Å². The largest absolute Gasteiger partial charge is 0.478 e. The third kappa shape index (κ3) is 4.45. The molecule has 0 amide bonds. The number of aromatic nitrogens is 2. The van der Waals surface area contributed by atoms with Crippen molar-refractivity contribution >= 4 is 40.8 Å². The molecule has 37 heavy (non-hydrogen) atoms. The second-order valence-electron chi connectivity index (χ2n) is 9.01. The Kier molecular flexibility index (Phi) is 5.89. The van der Waals surface area contributed by atoms with Crippen LogP contribution in [0.2, 0.25) is 10.0 Å². The summed E-state index contributed by atoms with van der Waals surface area (Å²) in [5.74, 6) is 1.42. The molecule has 1 aliphatic carbocycles. The standard InChI is InChI=1S/C28H20Cl2N2O5/c1-14-11-21-22(36-23-12-16(28(33)34)7-8-17(14)23)9-10-24(31-21)35-13-18-26(32-37-27(18)15-5-6-15)25-19(29)3-2-4-20(25)30/h2-4,7-12,15H,5-6,13H2,1H3,(H,33,34). The Labute approximate surface area is 222 Å². The van der Waals surface area contributed by atoms with Crippen LogP contribution in [0.15, 0.2) is 53.1 Å². The van der Waals surface area contributed by atoms with Crippen LogP contribution in [-0.4, -0.2) is 21.2 Å². The van der Waals surface area contributed by atoms with E-state index in [2.05, 4.69) is 10.1 Å². The zero-order chi connectivity index (χ0) is 25.7. The average Bonchev–Trinajstić information content (AvgIpc) is 3.65. The summed E-state index contributed by atoms with van der Waals surface area (Å²) in [6.45, 7) is 2.09. The lowest BCUT2D eigenvalue weighted by molar-refractivity contribution is 0.0696. The van der Waals surface area contributed by atoms with Gasteiger partial charge in [0, 0.05) is 23.1 Å². The Morgan fingerprint density at radius 2 is 1.89 bits per heavy atom. The summed E-state index contributed by atoms with van der Waals surface area (Å²) in [5.41, 5.74) is 4.39. The first-order valence-electron chi connectivity index (χ1n) is 11.7. The zero-order valence-corrected chi connectivity index (χ0v) is 21.1. The van der Waals surface area contributed by atoms with E-state index in [4.69, 9.17) is 37.2 Å². The van der Waals surface area contributed by atoms with Gasteiger partial charge in [-0.1, -0.05) is 40.5 Å². The lowest BCUT2D eigenvalue weighted by atomic mass is 10.0. The number of benzene rings is 2. The highest BCUT2D eigenvalue weighted by atomic mass is 35.5. The van der Waals surface area contributed by atoms with Gasteiger partial charge in [0.05, 0.1) is 21.2 Å². The topological polar surface area (TPSA) is 94.7 Å². The summed E-state index contributed by atoms with van der Waals surface area (Å²) >= 11 is 12.9. The molecule has 2 aliphatic rings. The normalized spacial score (nSPS) is 14.2. The zero-order valence-electron chi connectivity index (χ0n) is 19.6. The third-order valence-corrected chi connectivity index (χ3v) is 7.05. The fourth-order valence-electron chi connectivity index (χ4n) is 4.37. The van der Waals surface area contributed by atoms with E-state index < -0.39 is 5.97 Å². The van der Waals surface area contributed by atoms with E-state index in [0.717, 1.165) is 35.3 Å². The second-order valence-corrected chi connectivity index (χ2v) is 9.83. The number of carbonyl (C=O) groups is 1. The van der Waals surface area contributed by atoms with Crippen LogP contribution in [0, 0.1) is 0 Å². The Hall–Kier alpha value is -3.81. The molecule has 1 aliphatic heterocycles. The molecule has 0 unspecified atom stereocenters. The van der Waals surface area contributed by atoms with Crippen LogP contribution in [0.1, 0.15) is 58.6 Å². The predicted octanol–water partition coefficient (Wildman–Crippen LogP) is 7.86. The molecule has 9 heteroatoms. The predicted molar refractivity (Wildman–Crippen MR) is 140 cm³/mol. The van der Waals surface area contributed by atoms with Crippen molar-refractivity contribution in [3.8, 4) is 28.6 Å². The molecule has 0 bridgehead atoms. The van der Waals surface area contributed by atoms with E-state index in [1.807, 2.05) is 13.0 Å². The molecule has 1 N–H and O–H groups in total. The van der Waals surface area contributed by atoms with Gasteiger partial charge >= 0.3 is 5.97 Å². The van der Waals surface area contributed by atoms with Crippen LogP contribution in [0.5, 0.6) is 17.4 Å². The number of hydrogen-bond acceptors (Lipinski definition) is 6. The average molecular weight is 535 g/mol. The highest BCUT2D eigenvalue weighted by Gasteiger charge is 2.34. The molecular formula is C28H20Cl2N2O5. The maximum Gasteiger partial charge on any atom is 0.335 e. The molecule has 2 aromatic heterocycles. The van der Waals surface area contributed by atoms with Crippen molar-refractivity contribution in [2.75, 3.05) is 0 Å². The highest BCUT2D eigenvalue weighted by Crippen LogP contribution is 2.46. The maximum atomic E-state index is 11.4. The Morgan fingerprint density at radius 1 is 1.11 bits per heavy atom. The summed E-state index contributed by atoms with van der Waals surface area (Å²) < 4.78 is 17.9. The molecule has 4 aromatic rings. The fraction of sp³-hybridized carbons (Fsp3) is 0.179. The van der Waals surface area contributed by atoms with Gasteiger partial charge in [0.1, 0.15) is 29.5 Å². The van der Waals surface area contributed by atoms with Gasteiger partial charge in [-0.2, -0.15) is 0 Å². The van der Waals surface area contributed by atoms with Crippen molar-refractivity contribution in [3.63, 3.8) is 0 Å². The van der Waals surface area contributed by atoms with Crippen LogP contribution >= 0.6 is 23.2 Å². The summed E-state index contributed by atoms with van der Waals surface area (Å²) in [4.78, 5) is 16.1. The van der Waals surface area contributed by atoms with Gasteiger partial charge in [-0.15, -0.1) is 0 Å². The minimum absolute atomic E-state index is 0.150. The van der Waals surface area contributed by atoms with E-state index in [1.165, 1.54) is 6.07 Å². The van der Waals surface area contributed by atoms with Crippen LogP contribution in [0.4, 0.5) is 0 Å². The third-order valence-electron chi connectivity index (χ3n) is 6.42. The SMILES string of the molecule is CC1=Cc2nc(OCc3c(-c4c(Cl)cccc4Cl)noc3C3CC3)ccc2Oc2cc(C(=O)O)ccc21. The number of nitrogens with zero attached hydrogens (tertiary/aromatic N) is 2. The van der Waals surface area contributed by atoms with E-state index in [-0.39, 0.29) is 12.2 Å². The Balaban J connectivity index is 1.31. The summed E-state index contributed by atoms with van der Waals surface area (Å²) in [6, 6.07) is 13.6. The lowest BCUT2D eigenvalue weighted by Gasteiger charge is -2.12. The van der Waals surface area contributed by atoms with Crippen LogP contribution < -0.4 is 9.47 Å². The van der Waals surface area contributed by atoms with Gasteiger partial charge < -0.3 is 19.1 Å². The molecule has 1 saturated carbocycles. The molecule has 186 valence electrons. The molecule has 7 nitrogen and oxygen atoms in total. The van der Waals surface area contributed by atoms with Gasteiger partial charge in [0.15, 0.2) is 5.75 Å². The molecular weight excluding hydrogens is 515 g/mol. The van der Waals surface area contributed by atoms with Crippen molar-refractivity contribution in [3.05, 3.63) is 86.7 Å². The molecule has 0 radical (unpaired) electrons. The minimum atomic E-state index is -1.02. The van der Waals surface area contributed by atoms with Crippen LogP contribution in [0.25, 0.3) is 22.9 Å². The van der Waals surface area contributed by atoms with Gasteiger partial charge in [0.25, 0.3) is 0 Å². The Morgan fingerprint density at radius 3 is 2.62 bits per heavy atom. The number of pyridine rings is 1. The van der Waals surface area contributed by atoms with E-state index in [1.54, 1.807) is 42.5 Å². The molecule has 6 rings (SSSR count). The first-order valence-corrected chi connectivity index (χ1v) is 12.4. The molecule has 0 spiro atoms. The number of fused-ring (bicyclic) bond motifs is 2. The highest BCUT2D eigenvalue weighted by molar-refractivity contribution is 6.39. The Bertz CT molecular complexity index is 1570.